The van der Waals surface area contributed by atoms with E-state index in [1.165, 1.54) is 0 Å². The number of amides is 2. The van der Waals surface area contributed by atoms with E-state index < -0.39 is 0 Å². The van der Waals surface area contributed by atoms with Crippen LogP contribution in [0.5, 0.6) is 0 Å². The highest BCUT2D eigenvalue weighted by atomic mass is 16.2. The zero-order valence-electron chi connectivity index (χ0n) is 17.7. The van der Waals surface area contributed by atoms with Gasteiger partial charge in [0, 0.05) is 38.4 Å². The molecule has 0 bridgehead atoms. The maximum absolute atomic E-state index is 12.7. The molecule has 0 aromatic carbocycles. The number of aryl methyl sites for hydroxylation is 3. The number of carbonyl (C=O) groups is 2. The van der Waals surface area contributed by atoms with Gasteiger partial charge in [0.2, 0.25) is 5.91 Å². The second kappa shape index (κ2) is 9.21. The van der Waals surface area contributed by atoms with Crippen molar-refractivity contribution in [3.05, 3.63) is 35.7 Å². The molecule has 29 heavy (non-hydrogen) atoms. The lowest BCUT2D eigenvalue weighted by molar-refractivity contribution is -0.125. The Morgan fingerprint density at radius 2 is 2.00 bits per heavy atom. The van der Waals surface area contributed by atoms with E-state index in [9.17, 15) is 9.59 Å². The van der Waals surface area contributed by atoms with E-state index >= 15 is 0 Å². The largest absolute Gasteiger partial charge is 0.354 e. The Morgan fingerprint density at radius 1 is 1.21 bits per heavy atom. The number of hydrogen-bond donors (Lipinski definition) is 2. The minimum atomic E-state index is -0.129. The summed E-state index contributed by atoms with van der Waals surface area (Å²) in [7, 11) is 3.79. The number of rotatable bonds is 6. The standard InChI is InChI=1S/C20H31N7O2/c1-14-9-15(2)27(24-14)8-7-22-19(28)16-5-6-17(12-25(3)11-16)23-20(29)18-10-21-13-26(18)4/h9-10,13,16-17H,5-8,11-12H2,1-4H3,(H,22,28)(H,23,29)/t16-,17+/m1/s1. The second-order valence-electron chi connectivity index (χ2n) is 8.00. The van der Waals surface area contributed by atoms with Crippen molar-refractivity contribution >= 4 is 11.8 Å². The Balaban J connectivity index is 1.49. The van der Waals surface area contributed by atoms with Gasteiger partial charge in [0.15, 0.2) is 0 Å². The normalized spacial score (nSPS) is 20.3. The summed E-state index contributed by atoms with van der Waals surface area (Å²) >= 11 is 0. The third-order valence-corrected chi connectivity index (χ3v) is 5.41. The summed E-state index contributed by atoms with van der Waals surface area (Å²) in [5.74, 6) is -0.146. The summed E-state index contributed by atoms with van der Waals surface area (Å²) in [6.45, 7) is 6.61. The maximum atomic E-state index is 12.7. The topological polar surface area (TPSA) is 97.1 Å². The zero-order chi connectivity index (χ0) is 21.0. The van der Waals surface area contributed by atoms with Gasteiger partial charge in [-0.25, -0.2) is 4.98 Å². The fraction of sp³-hybridized carbons (Fsp3) is 0.600. The van der Waals surface area contributed by atoms with Crippen molar-refractivity contribution in [3.63, 3.8) is 0 Å². The number of imidazole rings is 1. The minimum Gasteiger partial charge on any atom is -0.354 e. The van der Waals surface area contributed by atoms with Crippen LogP contribution >= 0.6 is 0 Å². The van der Waals surface area contributed by atoms with Crippen LogP contribution in [0.2, 0.25) is 0 Å². The van der Waals surface area contributed by atoms with Gasteiger partial charge in [-0.3, -0.25) is 14.3 Å². The van der Waals surface area contributed by atoms with Crippen LogP contribution in [0.4, 0.5) is 0 Å². The number of likely N-dealkylation sites (tertiary alicyclic amines) is 1. The summed E-state index contributed by atoms with van der Waals surface area (Å²) in [4.78, 5) is 31.2. The van der Waals surface area contributed by atoms with Crippen LogP contribution in [0, 0.1) is 19.8 Å². The van der Waals surface area contributed by atoms with Crippen molar-refractivity contribution in [2.24, 2.45) is 13.0 Å². The van der Waals surface area contributed by atoms with E-state index in [0.717, 1.165) is 30.8 Å². The molecule has 0 saturated carbocycles. The molecule has 0 aliphatic carbocycles. The van der Waals surface area contributed by atoms with Crippen molar-refractivity contribution in [1.82, 2.24) is 34.9 Å². The molecule has 0 spiro atoms. The van der Waals surface area contributed by atoms with E-state index in [-0.39, 0.29) is 23.8 Å². The van der Waals surface area contributed by atoms with Gasteiger partial charge >= 0.3 is 0 Å². The third-order valence-electron chi connectivity index (χ3n) is 5.41. The first-order valence-electron chi connectivity index (χ1n) is 10.1. The smallest absolute Gasteiger partial charge is 0.269 e. The quantitative estimate of drug-likeness (QED) is 0.734. The third kappa shape index (κ3) is 5.44. The number of carbonyl (C=O) groups excluding carboxylic acids is 2. The highest BCUT2D eigenvalue weighted by Crippen LogP contribution is 2.17. The zero-order valence-corrected chi connectivity index (χ0v) is 17.7. The number of hydrogen-bond acceptors (Lipinski definition) is 5. The summed E-state index contributed by atoms with van der Waals surface area (Å²) < 4.78 is 3.62. The summed E-state index contributed by atoms with van der Waals surface area (Å²) in [5, 5.41) is 10.5. The van der Waals surface area contributed by atoms with E-state index in [4.69, 9.17) is 0 Å². The van der Waals surface area contributed by atoms with Crippen LogP contribution in [-0.2, 0) is 18.4 Å². The Labute approximate surface area is 171 Å². The predicted molar refractivity (Wildman–Crippen MR) is 109 cm³/mol. The van der Waals surface area contributed by atoms with Crippen LogP contribution in [0.15, 0.2) is 18.6 Å². The molecule has 1 aliphatic heterocycles. The highest BCUT2D eigenvalue weighted by Gasteiger charge is 2.28. The lowest BCUT2D eigenvalue weighted by atomic mass is 10.0. The first-order chi connectivity index (χ1) is 13.8. The van der Waals surface area contributed by atoms with Gasteiger partial charge in [-0.15, -0.1) is 0 Å². The average molecular weight is 402 g/mol. The molecule has 1 aliphatic rings. The van der Waals surface area contributed by atoms with Gasteiger partial charge < -0.3 is 20.1 Å². The molecule has 2 atom stereocenters. The summed E-state index contributed by atoms with van der Waals surface area (Å²) in [5.41, 5.74) is 2.62. The Morgan fingerprint density at radius 3 is 2.66 bits per heavy atom. The van der Waals surface area contributed by atoms with Crippen LogP contribution in [0.3, 0.4) is 0 Å². The van der Waals surface area contributed by atoms with E-state index in [0.29, 0.717) is 25.3 Å². The molecule has 3 rings (SSSR count). The first kappa shape index (κ1) is 21.0. The molecule has 158 valence electrons. The van der Waals surface area contributed by atoms with Gasteiger partial charge in [0.05, 0.1) is 30.7 Å². The number of aromatic nitrogens is 4. The lowest BCUT2D eigenvalue weighted by Gasteiger charge is -2.22. The second-order valence-corrected chi connectivity index (χ2v) is 8.00. The molecule has 2 N–H and O–H groups in total. The van der Waals surface area contributed by atoms with Gasteiger partial charge in [-0.1, -0.05) is 0 Å². The molecule has 0 radical (unpaired) electrons. The molecule has 3 heterocycles. The molecule has 9 nitrogen and oxygen atoms in total. The van der Waals surface area contributed by atoms with Crippen molar-refractivity contribution in [1.29, 1.82) is 0 Å². The maximum Gasteiger partial charge on any atom is 0.269 e. The molecule has 0 unspecified atom stereocenters. The average Bonchev–Trinajstić information content (AvgIpc) is 3.16. The van der Waals surface area contributed by atoms with Crippen LogP contribution in [-0.4, -0.2) is 68.8 Å². The minimum absolute atomic E-state index is 0.00917. The molecular weight excluding hydrogens is 370 g/mol. The molecule has 1 saturated heterocycles. The molecule has 2 aromatic heterocycles. The van der Waals surface area contributed by atoms with Crippen LogP contribution < -0.4 is 10.6 Å². The molecule has 2 aromatic rings. The Hall–Kier alpha value is -2.68. The number of nitrogens with zero attached hydrogens (tertiary/aromatic N) is 5. The first-order valence-corrected chi connectivity index (χ1v) is 10.1. The van der Waals surface area contributed by atoms with E-state index in [1.54, 1.807) is 24.1 Å². The van der Waals surface area contributed by atoms with Crippen molar-refractivity contribution in [3.8, 4) is 0 Å². The monoisotopic (exact) mass is 401 g/mol. The SMILES string of the molecule is Cc1cc(C)n(CCNC(=O)[C@@H]2CC[C@H](NC(=O)c3cncn3C)CN(C)C2)n1. The fourth-order valence-corrected chi connectivity index (χ4v) is 3.91. The van der Waals surface area contributed by atoms with Crippen LogP contribution in [0.25, 0.3) is 0 Å². The van der Waals surface area contributed by atoms with Gasteiger partial charge in [-0.05, 0) is 39.8 Å². The van der Waals surface area contributed by atoms with Gasteiger partial charge in [0.1, 0.15) is 5.69 Å². The van der Waals surface area contributed by atoms with Gasteiger partial charge in [0.25, 0.3) is 5.91 Å². The molecule has 2 amide bonds. The molecule has 1 fully saturated rings. The van der Waals surface area contributed by atoms with Crippen molar-refractivity contribution in [2.75, 3.05) is 26.7 Å². The van der Waals surface area contributed by atoms with Gasteiger partial charge in [-0.2, -0.15) is 5.10 Å². The lowest BCUT2D eigenvalue weighted by Crippen LogP contribution is -2.42. The Bertz CT molecular complexity index is 857. The fourth-order valence-electron chi connectivity index (χ4n) is 3.91. The highest BCUT2D eigenvalue weighted by molar-refractivity contribution is 5.92. The van der Waals surface area contributed by atoms with Crippen molar-refractivity contribution < 1.29 is 9.59 Å². The molecular formula is C20H31N7O2. The van der Waals surface area contributed by atoms with E-state index in [2.05, 4.69) is 25.6 Å². The van der Waals surface area contributed by atoms with E-state index in [1.807, 2.05) is 31.6 Å². The molecule has 9 heteroatoms. The Kier molecular flexibility index (Phi) is 6.68. The van der Waals surface area contributed by atoms with Crippen LogP contribution in [0.1, 0.15) is 34.7 Å². The van der Waals surface area contributed by atoms with Crippen molar-refractivity contribution in [2.45, 2.75) is 39.3 Å². The predicted octanol–water partition coefficient (Wildman–Crippen LogP) is 0.490. The number of nitrogens with one attached hydrogen (secondary N) is 2. The number of likely N-dealkylation sites (N-methyl/N-ethyl adjacent to an activating group) is 1. The summed E-state index contributed by atoms with van der Waals surface area (Å²) in [6, 6.07) is 2.04. The summed E-state index contributed by atoms with van der Waals surface area (Å²) in [6.07, 6.45) is 4.69.